The Bertz CT molecular complexity index is 226. The van der Waals surface area contributed by atoms with Gasteiger partial charge in [-0.2, -0.15) is 0 Å². The molecule has 3 heteroatoms. The van der Waals surface area contributed by atoms with Crippen LogP contribution in [0.25, 0.3) is 0 Å². The molecule has 0 radical (unpaired) electrons. The fraction of sp³-hybridized carbons (Fsp3) is 0.143. The third-order valence-corrected chi connectivity index (χ3v) is 2.88. The lowest BCUT2D eigenvalue weighted by Crippen LogP contribution is -2.02. The van der Waals surface area contributed by atoms with Crippen molar-refractivity contribution in [2.24, 2.45) is 0 Å². The van der Waals surface area contributed by atoms with E-state index in [0.717, 1.165) is 0 Å². The number of carbonyl (C=O) groups excluding carboxylic acids is 1. The molecule has 10 heavy (non-hydrogen) atoms. The zero-order valence-corrected chi connectivity index (χ0v) is 7.66. The second-order valence-corrected chi connectivity index (χ2v) is 3.73. The van der Waals surface area contributed by atoms with Crippen LogP contribution in [0, 0.1) is 0 Å². The zero-order valence-electron chi connectivity index (χ0n) is 5.50. The van der Waals surface area contributed by atoms with Gasteiger partial charge in [0.05, 0.1) is 12.7 Å². The molecule has 0 aliphatic carbocycles. The number of rotatable bonds is 1. The van der Waals surface area contributed by atoms with Crippen LogP contribution in [-0.4, -0.2) is 17.1 Å². The molecular formula is C7H7IO2. The number of halogens is 1. The van der Waals surface area contributed by atoms with E-state index in [9.17, 15) is 4.79 Å². The summed E-state index contributed by atoms with van der Waals surface area (Å²) in [5.74, 6) is -0.232. The molecule has 0 amide bonds. The van der Waals surface area contributed by atoms with E-state index in [1.54, 1.807) is 6.08 Å². The third kappa shape index (κ3) is 1.76. The highest BCUT2D eigenvalue weighted by molar-refractivity contribution is 14.2. The van der Waals surface area contributed by atoms with E-state index in [4.69, 9.17) is 0 Å². The number of esters is 1. The summed E-state index contributed by atoms with van der Waals surface area (Å²) in [4.78, 5) is 10.8. The van der Waals surface area contributed by atoms with Crippen molar-refractivity contribution < 1.29 is 9.53 Å². The van der Waals surface area contributed by atoms with Crippen molar-refractivity contribution in [1.29, 1.82) is 0 Å². The second kappa shape index (κ2) is 3.65. The van der Waals surface area contributed by atoms with Gasteiger partial charge in [-0.15, -0.1) is 0 Å². The molecule has 0 bridgehead atoms. The van der Waals surface area contributed by atoms with Crippen molar-refractivity contribution in [2.75, 3.05) is 7.11 Å². The van der Waals surface area contributed by atoms with Crippen molar-refractivity contribution in [3.8, 4) is 0 Å². The first-order valence-electron chi connectivity index (χ1n) is 2.75. The van der Waals surface area contributed by atoms with E-state index in [1.165, 1.54) is 7.11 Å². The summed E-state index contributed by atoms with van der Waals surface area (Å²) in [7, 11) is 1.40. The predicted octanol–water partition coefficient (Wildman–Crippen LogP) is 1.39. The van der Waals surface area contributed by atoms with Crippen LogP contribution in [0.1, 0.15) is 0 Å². The van der Waals surface area contributed by atoms with Crippen molar-refractivity contribution in [3.63, 3.8) is 0 Å². The summed E-state index contributed by atoms with van der Waals surface area (Å²) in [5, 5.41) is 0. The lowest BCUT2D eigenvalue weighted by molar-refractivity contribution is -0.135. The Labute approximate surface area is 69.3 Å². The van der Waals surface area contributed by atoms with Gasteiger partial charge in [-0.05, 0) is 14.2 Å². The maximum absolute atomic E-state index is 10.8. The Morgan fingerprint density at radius 3 is 3.00 bits per heavy atom. The highest BCUT2D eigenvalue weighted by Gasteiger charge is 2.04. The molecule has 0 unspecified atom stereocenters. The molecule has 0 spiro atoms. The highest BCUT2D eigenvalue weighted by atomic mass is 127. The molecule has 0 saturated heterocycles. The average Bonchev–Trinajstić information content (AvgIpc) is 2.05. The molecule has 0 aromatic carbocycles. The van der Waals surface area contributed by atoms with Crippen LogP contribution >= 0.6 is 20.7 Å². The summed E-state index contributed by atoms with van der Waals surface area (Å²) in [6, 6.07) is 0. The number of ether oxygens (including phenoxy) is 1. The van der Waals surface area contributed by atoms with Crippen LogP contribution in [-0.2, 0) is 9.53 Å². The minimum atomic E-state index is -0.232. The summed E-state index contributed by atoms with van der Waals surface area (Å²) >= 11 is -0.0398. The summed E-state index contributed by atoms with van der Waals surface area (Å²) < 4.78 is 8.57. The molecule has 54 valence electrons. The van der Waals surface area contributed by atoms with Crippen LogP contribution in [0.3, 0.4) is 0 Å². The predicted molar refractivity (Wildman–Crippen MR) is 49.3 cm³/mol. The summed E-state index contributed by atoms with van der Waals surface area (Å²) in [6.07, 6.45) is 3.68. The van der Waals surface area contributed by atoms with Gasteiger partial charge in [0.15, 0.2) is 0 Å². The Morgan fingerprint density at radius 2 is 2.50 bits per heavy atom. The molecule has 1 rings (SSSR count). The van der Waals surface area contributed by atoms with Gasteiger partial charge in [0.1, 0.15) is 0 Å². The molecule has 1 aliphatic heterocycles. The molecule has 2 nitrogen and oxygen atoms in total. The van der Waals surface area contributed by atoms with E-state index < -0.39 is 0 Å². The molecule has 0 atom stereocenters. The van der Waals surface area contributed by atoms with E-state index in [2.05, 4.69) is 8.75 Å². The number of hydrogen-bond donors (Lipinski definition) is 0. The molecule has 0 fully saturated rings. The quantitative estimate of drug-likeness (QED) is 0.519. The Hall–Kier alpha value is -0.450. The summed E-state index contributed by atoms with van der Waals surface area (Å²) in [5.41, 5.74) is 0.692. The minimum Gasteiger partial charge on any atom is -0.465 e. The second-order valence-electron chi connectivity index (χ2n) is 1.67. The molecule has 1 heterocycles. The van der Waals surface area contributed by atoms with Crippen molar-refractivity contribution in [3.05, 3.63) is 21.8 Å². The van der Waals surface area contributed by atoms with Crippen LogP contribution in [0.15, 0.2) is 21.8 Å². The van der Waals surface area contributed by atoms with Crippen molar-refractivity contribution >= 4 is 30.7 Å². The van der Waals surface area contributed by atoms with Gasteiger partial charge in [-0.3, -0.25) is 0 Å². The third-order valence-electron chi connectivity index (χ3n) is 1.02. The zero-order chi connectivity index (χ0) is 7.40. The first kappa shape index (κ1) is 7.65. The van der Waals surface area contributed by atoms with Crippen molar-refractivity contribution in [1.82, 2.24) is 0 Å². The topological polar surface area (TPSA) is 26.3 Å². The minimum absolute atomic E-state index is 0.0398. The van der Waals surface area contributed by atoms with Gasteiger partial charge in [0.2, 0.25) is 0 Å². The molecule has 0 N–H and O–H groups in total. The van der Waals surface area contributed by atoms with Gasteiger partial charge in [0.25, 0.3) is 0 Å². The number of allylic oxidation sites excluding steroid dienone is 1. The van der Waals surface area contributed by atoms with Gasteiger partial charge in [-0.25, -0.2) is 4.79 Å². The van der Waals surface area contributed by atoms with Gasteiger partial charge < -0.3 is 4.74 Å². The average molecular weight is 250 g/mol. The number of methoxy groups -OCH3 is 1. The first-order chi connectivity index (χ1) is 4.84. The van der Waals surface area contributed by atoms with E-state index in [-0.39, 0.29) is 26.7 Å². The Balaban J connectivity index is 2.74. The molecular weight excluding hydrogens is 243 g/mol. The summed E-state index contributed by atoms with van der Waals surface area (Å²) in [6.45, 7) is 0. The monoisotopic (exact) mass is 250 g/mol. The number of carbonyl (C=O) groups is 1. The highest BCUT2D eigenvalue weighted by Crippen LogP contribution is 2.11. The van der Waals surface area contributed by atoms with Gasteiger partial charge in [0, 0.05) is 0 Å². The maximum Gasteiger partial charge on any atom is 0.338 e. The molecule has 0 saturated carbocycles. The lowest BCUT2D eigenvalue weighted by atomic mass is 10.3. The fourth-order valence-electron chi connectivity index (χ4n) is 0.553. The van der Waals surface area contributed by atoms with E-state index >= 15 is 0 Å². The lowest BCUT2D eigenvalue weighted by Gasteiger charge is -1.98. The standard InChI is InChI=1S/C7H7IO2/c1-10-7(9)6-3-2-4-8-5-6/h2-5H,1H3. The number of hydrogen-bond acceptors (Lipinski definition) is 2. The molecule has 0 aromatic heterocycles. The van der Waals surface area contributed by atoms with Crippen LogP contribution in [0.2, 0.25) is 0 Å². The van der Waals surface area contributed by atoms with E-state index in [0.29, 0.717) is 5.57 Å². The maximum atomic E-state index is 10.8. The largest absolute Gasteiger partial charge is 0.465 e. The fourth-order valence-corrected chi connectivity index (χ4v) is 2.06. The van der Waals surface area contributed by atoms with Crippen molar-refractivity contribution in [2.45, 2.75) is 0 Å². The molecule has 0 aromatic rings. The normalized spacial score (nSPS) is 15.5. The van der Waals surface area contributed by atoms with Crippen LogP contribution in [0.4, 0.5) is 0 Å². The smallest absolute Gasteiger partial charge is 0.338 e. The van der Waals surface area contributed by atoms with Gasteiger partial charge >= 0.3 is 5.97 Å². The van der Waals surface area contributed by atoms with Crippen LogP contribution < -0.4 is 0 Å². The SMILES string of the molecule is COC(=O)C1=CI=CC=C1. The molecule has 1 aliphatic rings. The van der Waals surface area contributed by atoms with Gasteiger partial charge in [-0.1, -0.05) is 26.8 Å². The first-order valence-corrected chi connectivity index (χ1v) is 5.24. The Morgan fingerprint density at radius 1 is 1.70 bits per heavy atom. The van der Waals surface area contributed by atoms with E-state index in [1.807, 2.05) is 10.2 Å². The van der Waals surface area contributed by atoms with Crippen LogP contribution in [0.5, 0.6) is 0 Å². The Kier molecular flexibility index (Phi) is 2.80.